The van der Waals surface area contributed by atoms with Crippen molar-refractivity contribution < 1.29 is 13.2 Å². The molecule has 0 saturated carbocycles. The zero-order valence-electron chi connectivity index (χ0n) is 10.6. The second-order valence-electron chi connectivity index (χ2n) is 4.29. The molecule has 0 fully saturated rings. The van der Waals surface area contributed by atoms with Gasteiger partial charge in [0.15, 0.2) is 11.5 Å². The molecule has 9 heteroatoms. The molecule has 3 heterocycles. The zero-order chi connectivity index (χ0) is 14.9. The van der Waals surface area contributed by atoms with E-state index in [-0.39, 0.29) is 0 Å². The van der Waals surface area contributed by atoms with E-state index in [1.54, 1.807) is 5.51 Å². The third-order valence-electron chi connectivity index (χ3n) is 2.84. The first-order valence-electron chi connectivity index (χ1n) is 6.06. The number of aromatic nitrogens is 4. The summed E-state index contributed by atoms with van der Waals surface area (Å²) in [7, 11) is 0. The third-order valence-corrected chi connectivity index (χ3v) is 3.47. The summed E-state index contributed by atoms with van der Waals surface area (Å²) in [4.78, 5) is 8.20. The van der Waals surface area contributed by atoms with Crippen LogP contribution in [0.2, 0.25) is 0 Å². The largest absolute Gasteiger partial charge is 0.435 e. The third kappa shape index (κ3) is 2.97. The highest BCUT2D eigenvalue weighted by molar-refractivity contribution is 7.07. The van der Waals surface area contributed by atoms with Crippen molar-refractivity contribution in [1.29, 1.82) is 0 Å². The van der Waals surface area contributed by atoms with E-state index < -0.39 is 11.9 Å². The highest BCUT2D eigenvalue weighted by Gasteiger charge is 2.34. The zero-order valence-corrected chi connectivity index (χ0v) is 11.4. The maximum atomic E-state index is 12.7. The number of nitrogens with one attached hydrogen (secondary N) is 1. The molecule has 3 aromatic heterocycles. The number of hydrogen-bond donors (Lipinski definition) is 1. The van der Waals surface area contributed by atoms with Gasteiger partial charge in [-0.1, -0.05) is 0 Å². The van der Waals surface area contributed by atoms with Crippen molar-refractivity contribution in [3.8, 4) is 0 Å². The highest BCUT2D eigenvalue weighted by atomic mass is 32.1. The lowest BCUT2D eigenvalue weighted by atomic mass is 10.3. The molecule has 0 amide bonds. The summed E-state index contributed by atoms with van der Waals surface area (Å²) < 4.78 is 39.2. The minimum Gasteiger partial charge on any atom is -0.368 e. The Bertz CT molecular complexity index is 735. The van der Waals surface area contributed by atoms with E-state index in [1.807, 2.05) is 5.38 Å². The van der Waals surface area contributed by atoms with Crippen molar-refractivity contribution in [3.05, 3.63) is 40.7 Å². The maximum Gasteiger partial charge on any atom is 0.435 e. The van der Waals surface area contributed by atoms with Crippen LogP contribution in [0.3, 0.4) is 0 Å². The lowest BCUT2D eigenvalue weighted by Crippen LogP contribution is -2.07. The van der Waals surface area contributed by atoms with Gasteiger partial charge in [-0.05, 0) is 0 Å². The first kappa shape index (κ1) is 13.8. The summed E-state index contributed by atoms with van der Waals surface area (Å²) in [5, 5.41) is 8.45. The molecular weight excluding hydrogens is 303 g/mol. The Hall–Kier alpha value is -2.16. The summed E-state index contributed by atoms with van der Waals surface area (Å²) in [6, 6.07) is 0.984. The van der Waals surface area contributed by atoms with E-state index >= 15 is 0 Å². The van der Waals surface area contributed by atoms with Gasteiger partial charge in [-0.15, -0.1) is 11.3 Å². The normalized spacial score (nSPS) is 12.0. The summed E-state index contributed by atoms with van der Waals surface area (Å²) in [6.07, 6.45) is -1.00. The lowest BCUT2D eigenvalue weighted by molar-refractivity contribution is -0.141. The van der Waals surface area contributed by atoms with Crippen LogP contribution in [0.4, 0.5) is 19.0 Å². The van der Waals surface area contributed by atoms with E-state index in [1.165, 1.54) is 28.2 Å². The molecule has 5 nitrogen and oxygen atoms in total. The summed E-state index contributed by atoms with van der Waals surface area (Å²) >= 11 is 1.50. The van der Waals surface area contributed by atoms with E-state index in [9.17, 15) is 13.2 Å². The van der Waals surface area contributed by atoms with Crippen LogP contribution in [0, 0.1) is 0 Å². The summed E-state index contributed by atoms with van der Waals surface area (Å²) in [5.41, 5.74) is 2.03. The Balaban J connectivity index is 1.80. The fraction of sp³-hybridized carbons (Fsp3) is 0.250. The minimum atomic E-state index is -4.47. The van der Waals surface area contributed by atoms with Crippen LogP contribution in [0.15, 0.2) is 29.4 Å². The highest BCUT2D eigenvalue weighted by Crippen LogP contribution is 2.29. The Morgan fingerprint density at radius 1 is 1.29 bits per heavy atom. The maximum absolute atomic E-state index is 12.7. The van der Waals surface area contributed by atoms with Crippen LogP contribution in [0.25, 0.3) is 5.52 Å². The lowest BCUT2D eigenvalue weighted by Gasteiger charge is -2.05. The number of hydrogen-bond acceptors (Lipinski definition) is 5. The first-order valence-corrected chi connectivity index (χ1v) is 7.01. The molecule has 110 valence electrons. The number of fused-ring (bicyclic) bond motifs is 1. The van der Waals surface area contributed by atoms with Gasteiger partial charge >= 0.3 is 6.18 Å². The predicted molar refractivity (Wildman–Crippen MR) is 72.3 cm³/mol. The standard InChI is InChI=1S/C12H10F3N5S/c13-12(14,15)10-5-9-11(17-3-4-20(9)19-10)16-2-1-8-6-21-7-18-8/h3-7H,1-2H2,(H,16,17). The Kier molecular flexibility index (Phi) is 3.50. The van der Waals surface area contributed by atoms with Gasteiger partial charge < -0.3 is 5.32 Å². The van der Waals surface area contributed by atoms with Crippen LogP contribution >= 0.6 is 11.3 Å². The van der Waals surface area contributed by atoms with Crippen LogP contribution in [-0.2, 0) is 12.6 Å². The molecule has 21 heavy (non-hydrogen) atoms. The first-order chi connectivity index (χ1) is 10.0. The predicted octanol–water partition coefficient (Wildman–Crippen LogP) is 2.86. The molecular formula is C12H10F3N5S. The van der Waals surface area contributed by atoms with Crippen molar-refractivity contribution in [2.45, 2.75) is 12.6 Å². The van der Waals surface area contributed by atoms with Crippen molar-refractivity contribution >= 4 is 22.7 Å². The topological polar surface area (TPSA) is 55.1 Å². The Morgan fingerprint density at radius 3 is 2.86 bits per heavy atom. The Morgan fingerprint density at radius 2 is 2.14 bits per heavy atom. The van der Waals surface area contributed by atoms with E-state index in [2.05, 4.69) is 20.4 Å². The van der Waals surface area contributed by atoms with Crippen LogP contribution in [0.5, 0.6) is 0 Å². The van der Waals surface area contributed by atoms with Crippen LogP contribution in [0.1, 0.15) is 11.4 Å². The summed E-state index contributed by atoms with van der Waals surface area (Å²) in [5.74, 6) is 0.371. The van der Waals surface area contributed by atoms with Gasteiger partial charge in [-0.25, -0.2) is 14.5 Å². The molecule has 0 spiro atoms. The van der Waals surface area contributed by atoms with Crippen LogP contribution in [-0.4, -0.2) is 26.1 Å². The molecule has 0 radical (unpaired) electrons. The van der Waals surface area contributed by atoms with Gasteiger partial charge in [0.1, 0.15) is 5.52 Å². The monoisotopic (exact) mass is 313 g/mol. The van der Waals surface area contributed by atoms with Gasteiger partial charge in [0.05, 0.1) is 11.2 Å². The van der Waals surface area contributed by atoms with Gasteiger partial charge in [0.25, 0.3) is 0 Å². The molecule has 0 aliphatic carbocycles. The minimum absolute atomic E-state index is 0.295. The van der Waals surface area contributed by atoms with Crippen molar-refractivity contribution in [1.82, 2.24) is 19.6 Å². The summed E-state index contributed by atoms with van der Waals surface area (Å²) in [6.45, 7) is 0.531. The number of alkyl halides is 3. The second kappa shape index (κ2) is 5.32. The average Bonchev–Trinajstić information content (AvgIpc) is 3.06. The molecule has 1 N–H and O–H groups in total. The smallest absolute Gasteiger partial charge is 0.368 e. The van der Waals surface area contributed by atoms with Gasteiger partial charge in [0, 0.05) is 36.8 Å². The molecule has 0 aliphatic rings. The quantitative estimate of drug-likeness (QED) is 0.805. The van der Waals surface area contributed by atoms with Gasteiger partial charge in [-0.2, -0.15) is 18.3 Å². The number of rotatable bonds is 4. The molecule has 0 bridgehead atoms. The number of nitrogens with zero attached hydrogens (tertiary/aromatic N) is 4. The fourth-order valence-corrected chi connectivity index (χ4v) is 2.46. The second-order valence-corrected chi connectivity index (χ2v) is 5.01. The molecule has 0 saturated heterocycles. The molecule has 0 atom stereocenters. The Labute approximate surface area is 121 Å². The molecule has 0 unspecified atom stereocenters. The van der Waals surface area contributed by atoms with Crippen LogP contribution < -0.4 is 5.32 Å². The van der Waals surface area contributed by atoms with Crippen molar-refractivity contribution in [2.75, 3.05) is 11.9 Å². The number of thiazole rings is 1. The van der Waals surface area contributed by atoms with E-state index in [4.69, 9.17) is 0 Å². The van der Waals surface area contributed by atoms with Crippen molar-refractivity contribution in [2.24, 2.45) is 0 Å². The molecule has 0 aromatic carbocycles. The van der Waals surface area contributed by atoms with E-state index in [0.29, 0.717) is 24.3 Å². The van der Waals surface area contributed by atoms with Gasteiger partial charge in [0.2, 0.25) is 0 Å². The average molecular weight is 313 g/mol. The van der Waals surface area contributed by atoms with E-state index in [0.717, 1.165) is 11.8 Å². The SMILES string of the molecule is FC(F)(F)c1cc2c(NCCc3cscn3)nccn2n1. The number of halogens is 3. The number of anilines is 1. The molecule has 0 aliphatic heterocycles. The van der Waals surface area contributed by atoms with Gasteiger partial charge in [-0.3, -0.25) is 0 Å². The molecule has 3 aromatic rings. The fourth-order valence-electron chi connectivity index (χ4n) is 1.87. The van der Waals surface area contributed by atoms with Crippen molar-refractivity contribution in [3.63, 3.8) is 0 Å². The molecule has 3 rings (SSSR count).